The van der Waals surface area contributed by atoms with Gasteiger partial charge in [-0.1, -0.05) is 6.08 Å². The Balaban J connectivity index is 2.65. The Morgan fingerprint density at radius 3 is 2.57 bits per heavy atom. The molecule has 1 atom stereocenters. The van der Waals surface area contributed by atoms with Gasteiger partial charge in [-0.2, -0.15) is 0 Å². The number of hydrogen-bond donors (Lipinski definition) is 1. The number of primary amides is 1. The van der Waals surface area contributed by atoms with Crippen LogP contribution in [-0.4, -0.2) is 29.8 Å². The van der Waals surface area contributed by atoms with Gasteiger partial charge in [-0.3, -0.25) is 9.59 Å². The monoisotopic (exact) mass is 196 g/mol. The molecular formula is C10H16N2O2. The average Bonchev–Trinajstić information content (AvgIpc) is 2.50. The van der Waals surface area contributed by atoms with Crippen LogP contribution in [0.3, 0.4) is 0 Å². The molecule has 0 aromatic rings. The van der Waals surface area contributed by atoms with Crippen LogP contribution in [0.5, 0.6) is 0 Å². The molecule has 1 saturated heterocycles. The number of carbonyl (C=O) groups is 2. The highest BCUT2D eigenvalue weighted by molar-refractivity contribution is 5.89. The van der Waals surface area contributed by atoms with Gasteiger partial charge >= 0.3 is 0 Å². The molecule has 1 fully saturated rings. The highest BCUT2D eigenvalue weighted by atomic mass is 16.2. The van der Waals surface area contributed by atoms with Crippen molar-refractivity contribution in [1.29, 1.82) is 0 Å². The predicted octanol–water partition coefficient (Wildman–Crippen LogP) is 0.286. The van der Waals surface area contributed by atoms with Crippen molar-refractivity contribution in [2.75, 3.05) is 13.1 Å². The van der Waals surface area contributed by atoms with Crippen molar-refractivity contribution in [2.45, 2.75) is 20.3 Å². The molecule has 4 heteroatoms. The molecule has 14 heavy (non-hydrogen) atoms. The third-order valence-electron chi connectivity index (χ3n) is 2.69. The number of carbonyl (C=O) groups excluding carboxylic acids is 2. The Labute approximate surface area is 83.8 Å². The van der Waals surface area contributed by atoms with Crippen LogP contribution in [-0.2, 0) is 9.59 Å². The van der Waals surface area contributed by atoms with E-state index in [1.807, 2.05) is 0 Å². The molecule has 0 saturated carbocycles. The number of allylic oxidation sites excluding steroid dienone is 1. The summed E-state index contributed by atoms with van der Waals surface area (Å²) in [6.45, 7) is 4.65. The molecule has 1 heterocycles. The molecule has 0 aromatic carbocycles. The van der Waals surface area contributed by atoms with Crippen molar-refractivity contribution in [3.05, 3.63) is 12.2 Å². The number of rotatable bonds is 2. The molecule has 4 nitrogen and oxygen atoms in total. The van der Waals surface area contributed by atoms with Gasteiger partial charge in [-0.15, -0.1) is 0 Å². The molecule has 0 aromatic heterocycles. The number of nitrogens with zero attached hydrogens (tertiary/aromatic N) is 1. The Bertz CT molecular complexity index is 286. The van der Waals surface area contributed by atoms with E-state index < -0.39 is 5.41 Å². The van der Waals surface area contributed by atoms with Gasteiger partial charge in [0.15, 0.2) is 0 Å². The number of likely N-dealkylation sites (tertiary alicyclic amines) is 1. The van der Waals surface area contributed by atoms with Gasteiger partial charge in [0.2, 0.25) is 11.8 Å². The zero-order valence-electron chi connectivity index (χ0n) is 8.62. The van der Waals surface area contributed by atoms with Gasteiger partial charge < -0.3 is 10.6 Å². The SMILES string of the molecule is C/C=C/C(=O)N1CCC(C)(C(N)=O)C1. The smallest absolute Gasteiger partial charge is 0.246 e. The maximum Gasteiger partial charge on any atom is 0.246 e. The molecule has 1 rings (SSSR count). The summed E-state index contributed by atoms with van der Waals surface area (Å²) in [5.74, 6) is -0.370. The molecule has 1 aliphatic heterocycles. The van der Waals surface area contributed by atoms with Crippen molar-refractivity contribution < 1.29 is 9.59 Å². The summed E-state index contributed by atoms with van der Waals surface area (Å²) in [7, 11) is 0. The number of amides is 2. The minimum absolute atomic E-state index is 0.0440. The number of hydrogen-bond acceptors (Lipinski definition) is 2. The van der Waals surface area contributed by atoms with Crippen molar-refractivity contribution in [3.8, 4) is 0 Å². The Morgan fingerprint density at radius 2 is 2.14 bits per heavy atom. The summed E-state index contributed by atoms with van der Waals surface area (Å²) in [6.07, 6.45) is 3.86. The highest BCUT2D eigenvalue weighted by Gasteiger charge is 2.39. The predicted molar refractivity (Wildman–Crippen MR) is 53.3 cm³/mol. The molecule has 1 aliphatic rings. The van der Waals surface area contributed by atoms with E-state index >= 15 is 0 Å². The molecule has 2 amide bonds. The second kappa shape index (κ2) is 3.82. The lowest BCUT2D eigenvalue weighted by Crippen LogP contribution is -2.38. The van der Waals surface area contributed by atoms with Crippen molar-refractivity contribution >= 4 is 11.8 Å². The van der Waals surface area contributed by atoms with Gasteiger partial charge in [0, 0.05) is 13.1 Å². The summed E-state index contributed by atoms with van der Waals surface area (Å²) < 4.78 is 0. The lowest BCUT2D eigenvalue weighted by molar-refractivity contribution is -0.128. The largest absolute Gasteiger partial charge is 0.369 e. The summed E-state index contributed by atoms with van der Waals surface area (Å²) in [6, 6.07) is 0. The normalized spacial score (nSPS) is 27.1. The molecular weight excluding hydrogens is 180 g/mol. The Morgan fingerprint density at radius 1 is 1.50 bits per heavy atom. The van der Waals surface area contributed by atoms with Crippen LogP contribution < -0.4 is 5.73 Å². The molecule has 0 bridgehead atoms. The van der Waals surface area contributed by atoms with E-state index in [0.29, 0.717) is 19.5 Å². The van der Waals surface area contributed by atoms with Crippen LogP contribution in [0.25, 0.3) is 0 Å². The van der Waals surface area contributed by atoms with Crippen LogP contribution in [0.1, 0.15) is 20.3 Å². The van der Waals surface area contributed by atoms with Crippen molar-refractivity contribution in [2.24, 2.45) is 11.1 Å². The fourth-order valence-corrected chi connectivity index (χ4v) is 1.60. The zero-order valence-corrected chi connectivity index (χ0v) is 8.62. The third kappa shape index (κ3) is 1.95. The first-order chi connectivity index (χ1) is 6.49. The van der Waals surface area contributed by atoms with Crippen LogP contribution in [0.4, 0.5) is 0 Å². The van der Waals surface area contributed by atoms with E-state index in [0.717, 1.165) is 0 Å². The molecule has 0 aliphatic carbocycles. The minimum Gasteiger partial charge on any atom is -0.369 e. The number of nitrogens with two attached hydrogens (primary N) is 1. The van der Waals surface area contributed by atoms with E-state index in [4.69, 9.17) is 5.73 Å². The first-order valence-corrected chi connectivity index (χ1v) is 4.71. The third-order valence-corrected chi connectivity index (χ3v) is 2.69. The zero-order chi connectivity index (χ0) is 10.8. The summed E-state index contributed by atoms with van der Waals surface area (Å²) in [4.78, 5) is 24.2. The van der Waals surface area contributed by atoms with Crippen LogP contribution >= 0.6 is 0 Å². The average molecular weight is 196 g/mol. The van der Waals surface area contributed by atoms with Crippen molar-refractivity contribution in [3.63, 3.8) is 0 Å². The maximum absolute atomic E-state index is 11.4. The Kier molecular flexibility index (Phi) is 2.93. The van der Waals surface area contributed by atoms with Crippen LogP contribution in [0, 0.1) is 5.41 Å². The summed E-state index contributed by atoms with van der Waals surface area (Å²) in [5, 5.41) is 0. The lowest BCUT2D eigenvalue weighted by Gasteiger charge is -2.19. The first-order valence-electron chi connectivity index (χ1n) is 4.71. The molecule has 1 unspecified atom stereocenters. The minimum atomic E-state index is -0.544. The fraction of sp³-hybridized carbons (Fsp3) is 0.600. The van der Waals surface area contributed by atoms with Crippen molar-refractivity contribution in [1.82, 2.24) is 4.90 Å². The quantitative estimate of drug-likeness (QED) is 0.645. The summed E-state index contributed by atoms with van der Waals surface area (Å²) in [5.41, 5.74) is 4.73. The second-order valence-corrected chi connectivity index (χ2v) is 3.93. The van der Waals surface area contributed by atoms with E-state index in [-0.39, 0.29) is 11.8 Å². The van der Waals surface area contributed by atoms with Gasteiger partial charge in [-0.25, -0.2) is 0 Å². The van der Waals surface area contributed by atoms with Crippen LogP contribution in [0.2, 0.25) is 0 Å². The van der Waals surface area contributed by atoms with Crippen LogP contribution in [0.15, 0.2) is 12.2 Å². The standard InChI is InChI=1S/C10H16N2O2/c1-3-4-8(13)12-6-5-10(2,7-12)9(11)14/h3-4H,5-7H2,1-2H3,(H2,11,14)/b4-3+. The van der Waals surface area contributed by atoms with E-state index in [1.165, 1.54) is 6.08 Å². The van der Waals surface area contributed by atoms with E-state index in [9.17, 15) is 9.59 Å². The maximum atomic E-state index is 11.4. The van der Waals surface area contributed by atoms with E-state index in [1.54, 1.807) is 24.8 Å². The molecule has 0 radical (unpaired) electrons. The fourth-order valence-electron chi connectivity index (χ4n) is 1.60. The topological polar surface area (TPSA) is 63.4 Å². The van der Waals surface area contributed by atoms with Gasteiger partial charge in [0.05, 0.1) is 5.41 Å². The lowest BCUT2D eigenvalue weighted by atomic mass is 9.89. The van der Waals surface area contributed by atoms with Gasteiger partial charge in [0.25, 0.3) is 0 Å². The van der Waals surface area contributed by atoms with Gasteiger partial charge in [0.1, 0.15) is 0 Å². The van der Waals surface area contributed by atoms with Gasteiger partial charge in [-0.05, 0) is 26.3 Å². The summed E-state index contributed by atoms with van der Waals surface area (Å²) >= 11 is 0. The molecule has 78 valence electrons. The Hall–Kier alpha value is -1.32. The first kappa shape index (κ1) is 10.8. The highest BCUT2D eigenvalue weighted by Crippen LogP contribution is 2.29. The molecule has 2 N–H and O–H groups in total. The molecule has 0 spiro atoms. The van der Waals surface area contributed by atoms with E-state index in [2.05, 4.69) is 0 Å². The second-order valence-electron chi connectivity index (χ2n) is 3.93.